The van der Waals surface area contributed by atoms with Gasteiger partial charge >= 0.3 is 6.18 Å². The number of fused-ring (bicyclic) bond motifs is 1. The Labute approximate surface area is 133 Å². The maximum atomic E-state index is 13.0. The number of amides is 1. The standard InChI is InChI=1S/C13H13F3N4O2S/c1-22-10-5-17-12(23-10)18-9(21)6-20-8-4-2-3-7(8)11(19-20)13(14,15)16/h5H,2-4,6H2,1H3,(H,17,18,21). The van der Waals surface area contributed by atoms with E-state index in [4.69, 9.17) is 4.74 Å². The van der Waals surface area contributed by atoms with Crippen molar-refractivity contribution in [2.24, 2.45) is 0 Å². The van der Waals surface area contributed by atoms with E-state index in [1.54, 1.807) is 0 Å². The molecule has 0 radical (unpaired) electrons. The van der Waals surface area contributed by atoms with Gasteiger partial charge in [-0.25, -0.2) is 4.98 Å². The minimum atomic E-state index is -4.50. The summed E-state index contributed by atoms with van der Waals surface area (Å²) < 4.78 is 45.1. The monoisotopic (exact) mass is 346 g/mol. The Morgan fingerprint density at radius 3 is 2.91 bits per heavy atom. The Balaban J connectivity index is 1.76. The highest BCUT2D eigenvalue weighted by molar-refractivity contribution is 7.17. The largest absolute Gasteiger partial charge is 0.486 e. The second-order valence-corrected chi connectivity index (χ2v) is 6.01. The minimum Gasteiger partial charge on any atom is -0.486 e. The van der Waals surface area contributed by atoms with E-state index in [1.165, 1.54) is 13.3 Å². The Kier molecular flexibility index (Phi) is 4.00. The molecule has 2 heterocycles. The van der Waals surface area contributed by atoms with Crippen LogP contribution in [0.3, 0.4) is 0 Å². The van der Waals surface area contributed by atoms with Gasteiger partial charge in [-0.1, -0.05) is 11.3 Å². The molecular weight excluding hydrogens is 333 g/mol. The second-order valence-electron chi connectivity index (χ2n) is 5.02. The predicted octanol–water partition coefficient (Wildman–Crippen LogP) is 2.49. The van der Waals surface area contributed by atoms with Gasteiger partial charge in [0.25, 0.3) is 0 Å². The first kappa shape index (κ1) is 15.8. The van der Waals surface area contributed by atoms with Gasteiger partial charge in [-0.2, -0.15) is 18.3 Å². The Morgan fingerprint density at radius 2 is 2.26 bits per heavy atom. The first-order chi connectivity index (χ1) is 10.9. The lowest BCUT2D eigenvalue weighted by molar-refractivity contribution is -0.142. The lowest BCUT2D eigenvalue weighted by Crippen LogP contribution is -2.21. The molecule has 0 saturated carbocycles. The van der Waals surface area contributed by atoms with Crippen LogP contribution in [0.4, 0.5) is 18.3 Å². The molecule has 1 aliphatic carbocycles. The summed E-state index contributed by atoms with van der Waals surface area (Å²) in [6.45, 7) is -0.277. The maximum Gasteiger partial charge on any atom is 0.435 e. The highest BCUT2D eigenvalue weighted by Gasteiger charge is 2.40. The van der Waals surface area contributed by atoms with Gasteiger partial charge in [0, 0.05) is 11.3 Å². The van der Waals surface area contributed by atoms with E-state index >= 15 is 0 Å². The third-order valence-corrected chi connectivity index (χ3v) is 4.37. The molecule has 0 bridgehead atoms. The second kappa shape index (κ2) is 5.84. The fourth-order valence-electron chi connectivity index (χ4n) is 2.57. The van der Waals surface area contributed by atoms with Crippen molar-refractivity contribution >= 4 is 22.4 Å². The molecule has 0 fully saturated rings. The van der Waals surface area contributed by atoms with Gasteiger partial charge in [-0.15, -0.1) is 0 Å². The van der Waals surface area contributed by atoms with E-state index in [1.807, 2.05) is 0 Å². The zero-order valence-electron chi connectivity index (χ0n) is 12.1. The summed E-state index contributed by atoms with van der Waals surface area (Å²) in [7, 11) is 1.48. The molecule has 2 aromatic rings. The molecule has 23 heavy (non-hydrogen) atoms. The number of anilines is 1. The van der Waals surface area contributed by atoms with Crippen molar-refractivity contribution in [3.63, 3.8) is 0 Å². The van der Waals surface area contributed by atoms with Crippen molar-refractivity contribution in [1.29, 1.82) is 0 Å². The number of nitrogens with zero attached hydrogens (tertiary/aromatic N) is 3. The van der Waals surface area contributed by atoms with Crippen LogP contribution in [-0.2, 0) is 30.4 Å². The number of rotatable bonds is 4. The molecule has 0 unspecified atom stereocenters. The van der Waals surface area contributed by atoms with Crippen LogP contribution in [0.2, 0.25) is 0 Å². The predicted molar refractivity (Wildman–Crippen MR) is 76.5 cm³/mol. The number of alkyl halides is 3. The van der Waals surface area contributed by atoms with Crippen molar-refractivity contribution in [2.75, 3.05) is 12.4 Å². The van der Waals surface area contributed by atoms with Gasteiger partial charge in [0.1, 0.15) is 6.54 Å². The van der Waals surface area contributed by atoms with Gasteiger partial charge < -0.3 is 10.1 Å². The number of nitrogens with one attached hydrogen (secondary N) is 1. The highest BCUT2D eigenvalue weighted by Crippen LogP contribution is 2.36. The number of ether oxygens (including phenoxy) is 1. The van der Waals surface area contributed by atoms with Gasteiger partial charge in [-0.05, 0) is 19.3 Å². The van der Waals surface area contributed by atoms with Crippen molar-refractivity contribution in [3.05, 3.63) is 23.1 Å². The fraction of sp³-hybridized carbons (Fsp3) is 0.462. The van der Waals surface area contributed by atoms with Crippen LogP contribution in [0.25, 0.3) is 0 Å². The van der Waals surface area contributed by atoms with Crippen LogP contribution in [0.1, 0.15) is 23.4 Å². The number of hydrogen-bond acceptors (Lipinski definition) is 5. The van der Waals surface area contributed by atoms with Crippen molar-refractivity contribution in [2.45, 2.75) is 32.0 Å². The first-order valence-electron chi connectivity index (χ1n) is 6.84. The van der Waals surface area contributed by atoms with Crippen LogP contribution in [0.5, 0.6) is 5.06 Å². The fourth-order valence-corrected chi connectivity index (χ4v) is 3.22. The highest BCUT2D eigenvalue weighted by atomic mass is 32.1. The number of halogens is 3. The molecule has 0 aliphatic heterocycles. The average molecular weight is 346 g/mol. The third kappa shape index (κ3) is 3.16. The van der Waals surface area contributed by atoms with Gasteiger partial charge in [0.2, 0.25) is 5.91 Å². The number of methoxy groups -OCH3 is 1. The summed E-state index contributed by atoms with van der Waals surface area (Å²) in [6, 6.07) is 0. The summed E-state index contributed by atoms with van der Waals surface area (Å²) in [6.07, 6.45) is -1.57. The summed E-state index contributed by atoms with van der Waals surface area (Å²) in [4.78, 5) is 15.9. The lowest BCUT2D eigenvalue weighted by Gasteiger charge is -2.06. The zero-order valence-corrected chi connectivity index (χ0v) is 12.9. The molecule has 0 spiro atoms. The molecule has 124 valence electrons. The maximum absolute atomic E-state index is 13.0. The van der Waals surface area contributed by atoms with E-state index in [0.717, 1.165) is 16.0 Å². The van der Waals surface area contributed by atoms with Crippen LogP contribution in [-0.4, -0.2) is 27.8 Å². The molecular formula is C13H13F3N4O2S. The zero-order chi connectivity index (χ0) is 16.6. The molecule has 3 rings (SSSR count). The smallest absolute Gasteiger partial charge is 0.435 e. The SMILES string of the molecule is COc1cnc(NC(=O)Cn2nc(C(F)(F)F)c3c2CCC3)s1. The minimum absolute atomic E-state index is 0.209. The Bertz CT molecular complexity index is 738. The van der Waals surface area contributed by atoms with Gasteiger partial charge in [0.05, 0.1) is 13.3 Å². The molecule has 2 aromatic heterocycles. The van der Waals surface area contributed by atoms with Crippen LogP contribution < -0.4 is 10.1 Å². The van der Waals surface area contributed by atoms with E-state index in [-0.39, 0.29) is 12.1 Å². The first-order valence-corrected chi connectivity index (χ1v) is 7.65. The van der Waals surface area contributed by atoms with E-state index in [2.05, 4.69) is 15.4 Å². The van der Waals surface area contributed by atoms with Crippen LogP contribution in [0, 0.1) is 0 Å². The van der Waals surface area contributed by atoms with E-state index < -0.39 is 17.8 Å². The van der Waals surface area contributed by atoms with Crippen LogP contribution in [0.15, 0.2) is 6.20 Å². The normalized spacial score (nSPS) is 13.9. The summed E-state index contributed by atoms with van der Waals surface area (Å²) in [5.74, 6) is -0.479. The number of aromatic nitrogens is 3. The summed E-state index contributed by atoms with van der Waals surface area (Å²) >= 11 is 1.13. The molecule has 10 heteroatoms. The van der Waals surface area contributed by atoms with Crippen LogP contribution >= 0.6 is 11.3 Å². The quantitative estimate of drug-likeness (QED) is 0.924. The molecule has 1 aliphatic rings. The third-order valence-electron chi connectivity index (χ3n) is 3.50. The summed E-state index contributed by atoms with van der Waals surface area (Å²) in [5.41, 5.74) is -0.181. The molecule has 0 atom stereocenters. The van der Waals surface area contributed by atoms with E-state index in [0.29, 0.717) is 35.2 Å². The lowest BCUT2D eigenvalue weighted by atomic mass is 10.2. The number of carbonyl (C=O) groups excluding carboxylic acids is 1. The topological polar surface area (TPSA) is 69.0 Å². The Hall–Kier alpha value is -2.10. The number of carbonyl (C=O) groups is 1. The van der Waals surface area contributed by atoms with Gasteiger partial charge in [0.15, 0.2) is 15.9 Å². The van der Waals surface area contributed by atoms with E-state index in [9.17, 15) is 18.0 Å². The van der Waals surface area contributed by atoms with Crippen molar-refractivity contribution in [1.82, 2.24) is 14.8 Å². The number of thiazole rings is 1. The van der Waals surface area contributed by atoms with Crippen molar-refractivity contribution in [3.8, 4) is 5.06 Å². The molecule has 1 amide bonds. The van der Waals surface area contributed by atoms with Gasteiger partial charge in [-0.3, -0.25) is 9.48 Å². The molecule has 6 nitrogen and oxygen atoms in total. The Morgan fingerprint density at radius 1 is 1.48 bits per heavy atom. The van der Waals surface area contributed by atoms with Crippen molar-refractivity contribution < 1.29 is 22.7 Å². The summed E-state index contributed by atoms with van der Waals surface area (Å²) in [5, 5.41) is 6.98. The average Bonchev–Trinajstić information content (AvgIpc) is 3.15. The molecule has 0 aromatic carbocycles. The molecule has 0 saturated heterocycles. The molecule has 1 N–H and O–H groups in total. The number of hydrogen-bond donors (Lipinski definition) is 1.